The molecule has 278 valence electrons. The standard InChI is InChI=1S/C40H47FN8O4/c1-25(2)48-24-43-33-20-32(45-36(35(33)48)44-31-9-12-42-21-30(31)41)26-7-8-29-34(17-26)49(28-18-27(19-28)46-13-5-4-6-14-46)37(50)39(29)10-15-47(16-11-39)38(51)40(52-3)22-53-23-40/h7-9,12,17,20-21,24-25,27-28H,4-6,10-11,13-16,18-19,22-23H2,1-3H3,(H,42,44,45). The predicted molar refractivity (Wildman–Crippen MR) is 199 cm³/mol. The van der Waals surface area contributed by atoms with Crippen molar-refractivity contribution in [3.05, 3.63) is 60.4 Å². The quantitative estimate of drug-likeness (QED) is 0.248. The van der Waals surface area contributed by atoms with Crippen LogP contribution in [0.15, 0.2) is 49.1 Å². The number of likely N-dealkylation sites (tertiary alicyclic amines) is 2. The summed E-state index contributed by atoms with van der Waals surface area (Å²) in [6.45, 7) is 7.88. The lowest BCUT2D eigenvalue weighted by molar-refractivity contribution is -0.211. The van der Waals surface area contributed by atoms with Crippen LogP contribution in [0.25, 0.3) is 22.3 Å². The molecule has 9 rings (SSSR count). The molecule has 3 saturated heterocycles. The van der Waals surface area contributed by atoms with Gasteiger partial charge in [-0.05, 0) is 89.2 Å². The maximum atomic E-state index is 14.9. The van der Waals surface area contributed by atoms with E-state index in [1.165, 1.54) is 25.5 Å². The number of fused-ring (bicyclic) bond motifs is 3. The first-order valence-electron chi connectivity index (χ1n) is 19.1. The van der Waals surface area contributed by atoms with Crippen LogP contribution in [0.4, 0.5) is 21.6 Å². The number of rotatable bonds is 8. The van der Waals surface area contributed by atoms with Crippen LogP contribution in [0, 0.1) is 5.82 Å². The number of piperidine rings is 2. The van der Waals surface area contributed by atoms with Gasteiger partial charge in [0.1, 0.15) is 5.52 Å². The second kappa shape index (κ2) is 13.1. The third kappa shape index (κ3) is 5.53. The van der Waals surface area contributed by atoms with Gasteiger partial charge in [0, 0.05) is 55.8 Å². The van der Waals surface area contributed by atoms with E-state index < -0.39 is 16.8 Å². The minimum absolute atomic E-state index is 0.0558. The third-order valence-corrected chi connectivity index (χ3v) is 12.5. The Balaban J connectivity index is 1.08. The van der Waals surface area contributed by atoms with Gasteiger partial charge in [0.05, 0.1) is 48.1 Å². The molecular formula is C40H47FN8O4. The van der Waals surface area contributed by atoms with Crippen molar-refractivity contribution in [3.63, 3.8) is 0 Å². The Morgan fingerprint density at radius 2 is 1.81 bits per heavy atom. The Bertz CT molecular complexity index is 2060. The van der Waals surface area contributed by atoms with Crippen molar-refractivity contribution in [1.29, 1.82) is 0 Å². The second-order valence-corrected chi connectivity index (χ2v) is 15.8. The van der Waals surface area contributed by atoms with E-state index in [9.17, 15) is 14.0 Å². The zero-order valence-corrected chi connectivity index (χ0v) is 30.7. The number of carbonyl (C=O) groups excluding carboxylic acids is 2. The molecule has 1 N–H and O–H groups in total. The zero-order chi connectivity index (χ0) is 36.5. The molecule has 53 heavy (non-hydrogen) atoms. The number of amides is 2. The van der Waals surface area contributed by atoms with Crippen molar-refractivity contribution in [2.24, 2.45) is 0 Å². The number of pyridine rings is 2. The first-order chi connectivity index (χ1) is 25.7. The van der Waals surface area contributed by atoms with Crippen molar-refractivity contribution < 1.29 is 23.5 Å². The summed E-state index contributed by atoms with van der Waals surface area (Å²) in [5, 5.41) is 3.23. The molecule has 7 heterocycles. The minimum Gasteiger partial charge on any atom is -0.374 e. The van der Waals surface area contributed by atoms with Crippen molar-refractivity contribution in [2.75, 3.05) is 56.7 Å². The first kappa shape index (κ1) is 34.3. The fourth-order valence-electron chi connectivity index (χ4n) is 9.23. The van der Waals surface area contributed by atoms with Crippen LogP contribution in [0.5, 0.6) is 0 Å². The summed E-state index contributed by atoms with van der Waals surface area (Å²) < 4.78 is 27.9. The Morgan fingerprint density at radius 1 is 1.04 bits per heavy atom. The van der Waals surface area contributed by atoms with Crippen LogP contribution >= 0.6 is 0 Å². The zero-order valence-electron chi connectivity index (χ0n) is 30.7. The number of hydrogen-bond acceptors (Lipinski definition) is 9. The van der Waals surface area contributed by atoms with Gasteiger partial charge in [0.15, 0.2) is 17.2 Å². The largest absolute Gasteiger partial charge is 0.374 e. The maximum Gasteiger partial charge on any atom is 0.259 e. The lowest BCUT2D eigenvalue weighted by Gasteiger charge is -2.48. The molecule has 0 unspecified atom stereocenters. The fourth-order valence-corrected chi connectivity index (χ4v) is 9.23. The molecule has 12 nitrogen and oxygen atoms in total. The highest BCUT2D eigenvalue weighted by Gasteiger charge is 2.57. The summed E-state index contributed by atoms with van der Waals surface area (Å²) in [5.41, 5.74) is 3.63. The van der Waals surface area contributed by atoms with E-state index in [-0.39, 0.29) is 42.8 Å². The number of imidazole rings is 1. The summed E-state index contributed by atoms with van der Waals surface area (Å²) in [4.78, 5) is 48.8. The summed E-state index contributed by atoms with van der Waals surface area (Å²) in [6, 6.07) is 10.5. The number of benzene rings is 1. The molecule has 1 saturated carbocycles. The number of nitrogens with zero attached hydrogens (tertiary/aromatic N) is 7. The average molecular weight is 723 g/mol. The van der Waals surface area contributed by atoms with E-state index in [0.717, 1.165) is 53.8 Å². The number of methoxy groups -OCH3 is 1. The monoisotopic (exact) mass is 722 g/mol. The SMILES string of the molecule is COC1(C(=O)N2CCC3(CC2)C(=O)N(C2CC(N4CCCCC4)C2)c2cc(-c4cc5ncn(C(C)C)c5c(Nc5ccncc5F)n4)ccc23)COC1. The number of nitrogens with one attached hydrogen (secondary N) is 1. The van der Waals surface area contributed by atoms with E-state index in [2.05, 4.69) is 46.1 Å². The molecule has 4 aromatic rings. The van der Waals surface area contributed by atoms with Crippen LogP contribution in [0.2, 0.25) is 0 Å². The molecule has 1 aromatic carbocycles. The minimum atomic E-state index is -0.922. The first-order valence-corrected chi connectivity index (χ1v) is 19.1. The molecule has 0 atom stereocenters. The molecule has 4 fully saturated rings. The highest BCUT2D eigenvalue weighted by atomic mass is 19.1. The molecule has 4 aliphatic heterocycles. The Kier molecular flexibility index (Phi) is 8.50. The number of aromatic nitrogens is 4. The number of hydrogen-bond donors (Lipinski definition) is 1. The number of carbonyl (C=O) groups is 2. The van der Waals surface area contributed by atoms with E-state index in [1.54, 1.807) is 25.7 Å². The van der Waals surface area contributed by atoms with Gasteiger partial charge in [-0.3, -0.25) is 14.6 Å². The van der Waals surface area contributed by atoms with Gasteiger partial charge < -0.3 is 34.1 Å². The molecular weight excluding hydrogens is 675 g/mol. The lowest BCUT2D eigenvalue weighted by atomic mass is 9.73. The molecule has 0 radical (unpaired) electrons. The van der Waals surface area contributed by atoms with Gasteiger partial charge in [-0.2, -0.15) is 0 Å². The van der Waals surface area contributed by atoms with Crippen LogP contribution in [0.1, 0.15) is 70.4 Å². The van der Waals surface area contributed by atoms with E-state index in [0.29, 0.717) is 43.5 Å². The molecule has 1 aliphatic carbocycles. The summed E-state index contributed by atoms with van der Waals surface area (Å²) in [7, 11) is 1.56. The smallest absolute Gasteiger partial charge is 0.259 e. The van der Waals surface area contributed by atoms with Gasteiger partial charge in [-0.1, -0.05) is 18.6 Å². The van der Waals surface area contributed by atoms with Crippen LogP contribution in [-0.4, -0.2) is 105 Å². The Morgan fingerprint density at radius 3 is 2.49 bits per heavy atom. The van der Waals surface area contributed by atoms with E-state index in [1.807, 2.05) is 21.6 Å². The van der Waals surface area contributed by atoms with Crippen molar-refractivity contribution in [3.8, 4) is 11.3 Å². The highest BCUT2D eigenvalue weighted by molar-refractivity contribution is 6.09. The topological polar surface area (TPSA) is 118 Å². The lowest BCUT2D eigenvalue weighted by Crippen LogP contribution is -2.64. The summed E-state index contributed by atoms with van der Waals surface area (Å²) >= 11 is 0. The van der Waals surface area contributed by atoms with Gasteiger partial charge in [-0.25, -0.2) is 14.4 Å². The van der Waals surface area contributed by atoms with Crippen molar-refractivity contribution >= 4 is 40.0 Å². The number of ether oxygens (including phenoxy) is 2. The van der Waals surface area contributed by atoms with Crippen LogP contribution in [0.3, 0.4) is 0 Å². The van der Waals surface area contributed by atoms with Gasteiger partial charge in [0.2, 0.25) is 5.91 Å². The maximum absolute atomic E-state index is 14.9. The van der Waals surface area contributed by atoms with Crippen molar-refractivity contribution in [2.45, 2.75) is 87.9 Å². The van der Waals surface area contributed by atoms with E-state index >= 15 is 0 Å². The highest BCUT2D eigenvalue weighted by Crippen LogP contribution is 2.52. The molecule has 1 spiro atoms. The normalized spacial score (nSPS) is 23.7. The average Bonchev–Trinajstić information content (AvgIpc) is 3.67. The molecule has 13 heteroatoms. The van der Waals surface area contributed by atoms with Crippen LogP contribution in [-0.2, 0) is 24.5 Å². The predicted octanol–water partition coefficient (Wildman–Crippen LogP) is 5.60. The second-order valence-electron chi connectivity index (χ2n) is 15.8. The van der Waals surface area contributed by atoms with Crippen LogP contribution < -0.4 is 10.2 Å². The number of anilines is 3. The fraction of sp³-hybridized carbons (Fsp3) is 0.525. The number of halogens is 1. The van der Waals surface area contributed by atoms with Gasteiger partial charge in [0.25, 0.3) is 5.91 Å². The van der Waals surface area contributed by atoms with Gasteiger partial charge in [-0.15, -0.1) is 0 Å². The van der Waals surface area contributed by atoms with E-state index in [4.69, 9.17) is 19.4 Å². The Hall–Kier alpha value is -4.46. The molecule has 3 aromatic heterocycles. The summed E-state index contributed by atoms with van der Waals surface area (Å²) in [5.74, 6) is 0.0985. The molecule has 5 aliphatic rings. The third-order valence-electron chi connectivity index (χ3n) is 12.5. The van der Waals surface area contributed by atoms with Crippen molar-refractivity contribution in [1.82, 2.24) is 29.3 Å². The van der Waals surface area contributed by atoms with Gasteiger partial charge >= 0.3 is 0 Å². The summed E-state index contributed by atoms with van der Waals surface area (Å²) in [6.07, 6.45) is 11.3. The Labute approximate surface area is 308 Å². The molecule has 2 amide bonds. The molecule has 0 bridgehead atoms.